The number of carbonyl (C=O) groups excluding carboxylic acids is 1. The fourth-order valence-electron chi connectivity index (χ4n) is 3.03. The van der Waals surface area contributed by atoms with E-state index in [9.17, 15) is 14.3 Å². The second kappa shape index (κ2) is 7.58. The van der Waals surface area contributed by atoms with E-state index in [1.54, 1.807) is 12.1 Å². The van der Waals surface area contributed by atoms with Crippen LogP contribution in [0.4, 0.5) is 9.18 Å². The molecule has 1 aromatic rings. The minimum Gasteiger partial charge on any atom is -0.388 e. The molecule has 0 aromatic heterocycles. The Morgan fingerprint density at radius 1 is 1.27 bits per heavy atom. The van der Waals surface area contributed by atoms with Crippen molar-refractivity contribution in [2.24, 2.45) is 5.92 Å². The van der Waals surface area contributed by atoms with Gasteiger partial charge in [-0.05, 0) is 50.3 Å². The fraction of sp³-hybridized carbons (Fsp3) is 0.588. The minimum absolute atomic E-state index is 0.0831. The average molecular weight is 308 g/mol. The number of hydrogen-bond donors (Lipinski definition) is 1. The third-order valence-electron chi connectivity index (χ3n) is 4.50. The van der Waals surface area contributed by atoms with Crippen LogP contribution in [0.5, 0.6) is 0 Å². The van der Waals surface area contributed by atoms with E-state index in [1.807, 2.05) is 23.6 Å². The lowest BCUT2D eigenvalue weighted by Crippen LogP contribution is -2.47. The Morgan fingerprint density at radius 3 is 2.32 bits per heavy atom. The zero-order chi connectivity index (χ0) is 16.1. The van der Waals surface area contributed by atoms with Gasteiger partial charge in [0.2, 0.25) is 0 Å². The Bertz CT molecular complexity index is 480. The van der Waals surface area contributed by atoms with Crippen LogP contribution in [0.25, 0.3) is 0 Å². The summed E-state index contributed by atoms with van der Waals surface area (Å²) in [7, 11) is 0. The molecule has 2 amide bonds. The number of likely N-dealkylation sites (tertiary alicyclic amines) is 1. The van der Waals surface area contributed by atoms with E-state index < -0.39 is 6.10 Å². The Labute approximate surface area is 131 Å². The van der Waals surface area contributed by atoms with Gasteiger partial charge in [-0.15, -0.1) is 0 Å². The molecule has 0 aliphatic carbocycles. The largest absolute Gasteiger partial charge is 0.388 e. The number of carbonyl (C=O) groups is 1. The zero-order valence-corrected chi connectivity index (χ0v) is 13.3. The second-order valence-corrected chi connectivity index (χ2v) is 5.78. The molecule has 1 saturated heterocycles. The van der Waals surface area contributed by atoms with Crippen molar-refractivity contribution < 1.29 is 14.3 Å². The molecule has 2 rings (SSSR count). The first-order valence-corrected chi connectivity index (χ1v) is 8.04. The van der Waals surface area contributed by atoms with Crippen molar-refractivity contribution in [2.75, 3.05) is 26.2 Å². The highest BCUT2D eigenvalue weighted by Crippen LogP contribution is 2.31. The van der Waals surface area contributed by atoms with Crippen molar-refractivity contribution >= 4 is 6.03 Å². The van der Waals surface area contributed by atoms with Crippen molar-refractivity contribution in [3.05, 3.63) is 35.6 Å². The molecular formula is C17H25FN2O2. The smallest absolute Gasteiger partial charge is 0.319 e. The average Bonchev–Trinajstić information content (AvgIpc) is 2.56. The van der Waals surface area contributed by atoms with Crippen LogP contribution < -0.4 is 0 Å². The number of aliphatic hydroxyl groups excluding tert-OH is 1. The first-order chi connectivity index (χ1) is 10.6. The molecule has 1 fully saturated rings. The number of amides is 2. The van der Waals surface area contributed by atoms with Gasteiger partial charge in [-0.25, -0.2) is 9.18 Å². The Morgan fingerprint density at radius 2 is 1.82 bits per heavy atom. The highest BCUT2D eigenvalue weighted by atomic mass is 19.1. The van der Waals surface area contributed by atoms with Gasteiger partial charge in [0.05, 0.1) is 6.10 Å². The SMILES string of the molecule is CCN(CC)C(=O)N1CCC(C(O)c2ccc(F)cc2)CC1. The summed E-state index contributed by atoms with van der Waals surface area (Å²) in [5, 5.41) is 10.4. The minimum atomic E-state index is -0.591. The number of urea groups is 1. The summed E-state index contributed by atoms with van der Waals surface area (Å²) in [6.45, 7) is 6.72. The summed E-state index contributed by atoms with van der Waals surface area (Å²) >= 11 is 0. The molecule has 0 saturated carbocycles. The van der Waals surface area contributed by atoms with E-state index >= 15 is 0 Å². The third-order valence-corrected chi connectivity index (χ3v) is 4.50. The van der Waals surface area contributed by atoms with Crippen LogP contribution in [0.1, 0.15) is 38.4 Å². The number of rotatable bonds is 4. The molecule has 5 heteroatoms. The van der Waals surface area contributed by atoms with Crippen molar-refractivity contribution in [3.8, 4) is 0 Å². The molecule has 1 N–H and O–H groups in total. The molecule has 122 valence electrons. The predicted octanol–water partition coefficient (Wildman–Crippen LogP) is 3.03. The molecule has 0 spiro atoms. The van der Waals surface area contributed by atoms with Gasteiger partial charge in [0.1, 0.15) is 5.82 Å². The van der Waals surface area contributed by atoms with Crippen LogP contribution >= 0.6 is 0 Å². The highest BCUT2D eigenvalue weighted by molar-refractivity contribution is 5.74. The lowest BCUT2D eigenvalue weighted by atomic mass is 9.87. The van der Waals surface area contributed by atoms with Gasteiger partial charge >= 0.3 is 6.03 Å². The van der Waals surface area contributed by atoms with Crippen LogP contribution in [-0.4, -0.2) is 47.1 Å². The number of benzene rings is 1. The van der Waals surface area contributed by atoms with Crippen molar-refractivity contribution in [1.82, 2.24) is 9.80 Å². The summed E-state index contributed by atoms with van der Waals surface area (Å²) in [5.74, 6) is -0.179. The van der Waals surface area contributed by atoms with Gasteiger partial charge in [0.25, 0.3) is 0 Å². The van der Waals surface area contributed by atoms with Gasteiger partial charge in [0, 0.05) is 26.2 Å². The van der Waals surface area contributed by atoms with Crippen molar-refractivity contribution in [3.63, 3.8) is 0 Å². The van der Waals surface area contributed by atoms with Crippen LogP contribution in [0, 0.1) is 11.7 Å². The Balaban J connectivity index is 1.91. The molecule has 22 heavy (non-hydrogen) atoms. The molecule has 1 aromatic carbocycles. The standard InChI is InChI=1S/C17H25FN2O2/c1-3-19(4-2)17(22)20-11-9-14(10-12-20)16(21)13-5-7-15(18)8-6-13/h5-8,14,16,21H,3-4,9-12H2,1-2H3. The molecule has 0 radical (unpaired) electrons. The predicted molar refractivity (Wildman–Crippen MR) is 84.0 cm³/mol. The normalized spacial score (nSPS) is 17.4. The van der Waals surface area contributed by atoms with E-state index in [0.29, 0.717) is 26.2 Å². The molecule has 1 heterocycles. The topological polar surface area (TPSA) is 43.8 Å². The fourth-order valence-corrected chi connectivity index (χ4v) is 3.03. The van der Waals surface area contributed by atoms with E-state index in [1.165, 1.54) is 12.1 Å². The zero-order valence-electron chi connectivity index (χ0n) is 13.3. The van der Waals surface area contributed by atoms with Crippen molar-refractivity contribution in [1.29, 1.82) is 0 Å². The molecule has 1 unspecified atom stereocenters. The number of piperidine rings is 1. The summed E-state index contributed by atoms with van der Waals surface area (Å²) in [6.07, 6.45) is 0.947. The summed E-state index contributed by atoms with van der Waals surface area (Å²) in [5.41, 5.74) is 0.745. The van der Waals surface area contributed by atoms with E-state index in [2.05, 4.69) is 0 Å². The van der Waals surface area contributed by atoms with E-state index in [4.69, 9.17) is 0 Å². The van der Waals surface area contributed by atoms with Gasteiger partial charge < -0.3 is 14.9 Å². The lowest BCUT2D eigenvalue weighted by Gasteiger charge is -2.36. The Hall–Kier alpha value is -1.62. The number of aliphatic hydroxyl groups is 1. The lowest BCUT2D eigenvalue weighted by molar-refractivity contribution is 0.0608. The van der Waals surface area contributed by atoms with Gasteiger partial charge in [0.15, 0.2) is 0 Å². The van der Waals surface area contributed by atoms with Gasteiger partial charge in [-0.2, -0.15) is 0 Å². The van der Waals surface area contributed by atoms with Crippen LogP contribution in [0.15, 0.2) is 24.3 Å². The number of hydrogen-bond acceptors (Lipinski definition) is 2. The summed E-state index contributed by atoms with van der Waals surface area (Å²) in [6, 6.07) is 6.09. The third kappa shape index (κ3) is 3.77. The maximum atomic E-state index is 12.9. The molecule has 1 atom stereocenters. The molecule has 1 aliphatic heterocycles. The second-order valence-electron chi connectivity index (χ2n) is 5.78. The maximum Gasteiger partial charge on any atom is 0.319 e. The molecule has 4 nitrogen and oxygen atoms in total. The van der Waals surface area contributed by atoms with E-state index in [-0.39, 0.29) is 17.8 Å². The van der Waals surface area contributed by atoms with Crippen LogP contribution in [-0.2, 0) is 0 Å². The molecule has 1 aliphatic rings. The van der Waals surface area contributed by atoms with E-state index in [0.717, 1.165) is 18.4 Å². The monoisotopic (exact) mass is 308 g/mol. The van der Waals surface area contributed by atoms with Crippen molar-refractivity contribution in [2.45, 2.75) is 32.8 Å². The number of nitrogens with zero attached hydrogens (tertiary/aromatic N) is 2. The highest BCUT2D eigenvalue weighted by Gasteiger charge is 2.29. The van der Waals surface area contributed by atoms with Crippen LogP contribution in [0.2, 0.25) is 0 Å². The molecule has 0 bridgehead atoms. The number of halogens is 1. The van der Waals surface area contributed by atoms with Crippen LogP contribution in [0.3, 0.4) is 0 Å². The van der Waals surface area contributed by atoms with Gasteiger partial charge in [-0.3, -0.25) is 0 Å². The molecular weight excluding hydrogens is 283 g/mol. The Kier molecular flexibility index (Phi) is 5.77. The first-order valence-electron chi connectivity index (χ1n) is 8.04. The summed E-state index contributed by atoms with van der Waals surface area (Å²) < 4.78 is 12.9. The summed E-state index contributed by atoms with van der Waals surface area (Å²) in [4.78, 5) is 16.0. The first kappa shape index (κ1) is 16.7. The quantitative estimate of drug-likeness (QED) is 0.929. The van der Waals surface area contributed by atoms with Gasteiger partial charge in [-0.1, -0.05) is 12.1 Å². The maximum absolute atomic E-state index is 12.9.